The predicted molar refractivity (Wildman–Crippen MR) is 66.0 cm³/mol. The Morgan fingerprint density at radius 2 is 1.80 bits per heavy atom. The fourth-order valence-corrected chi connectivity index (χ4v) is 2.13. The molecule has 2 heteroatoms. The quantitative estimate of drug-likeness (QED) is 0.820. The van der Waals surface area contributed by atoms with Crippen molar-refractivity contribution in [2.24, 2.45) is 0 Å². The molecule has 0 fully saturated rings. The first-order valence-electron chi connectivity index (χ1n) is 4.72. The van der Waals surface area contributed by atoms with Crippen LogP contribution in [0.25, 0.3) is 11.1 Å². The van der Waals surface area contributed by atoms with Crippen molar-refractivity contribution >= 4 is 15.9 Å². The van der Waals surface area contributed by atoms with Crippen LogP contribution < -0.4 is 0 Å². The van der Waals surface area contributed by atoms with Gasteiger partial charge in [0.2, 0.25) is 0 Å². The number of hydrogen-bond acceptors (Lipinski definition) is 1. The molecule has 0 saturated heterocycles. The molecule has 2 aromatic rings. The fraction of sp³-hybridized carbons (Fsp3) is 0.0769. The minimum atomic E-state index is 0.306. The highest BCUT2D eigenvalue weighted by Crippen LogP contribution is 2.30. The molecule has 76 valence electrons. The van der Waals surface area contributed by atoms with Gasteiger partial charge in [0.25, 0.3) is 0 Å². The first-order valence-corrected chi connectivity index (χ1v) is 5.51. The van der Waals surface area contributed by atoms with Crippen LogP contribution in [0.2, 0.25) is 0 Å². The molecule has 0 aliphatic rings. The van der Waals surface area contributed by atoms with Crippen molar-refractivity contribution < 1.29 is 5.11 Å². The average Bonchev–Trinajstić information content (AvgIpc) is 2.16. The van der Waals surface area contributed by atoms with Crippen LogP contribution in [0.15, 0.2) is 46.9 Å². The molecule has 0 aliphatic heterocycles. The van der Waals surface area contributed by atoms with Crippen LogP contribution in [-0.4, -0.2) is 5.11 Å². The van der Waals surface area contributed by atoms with Crippen molar-refractivity contribution in [1.29, 1.82) is 0 Å². The molecule has 2 aromatic carbocycles. The molecule has 0 unspecified atom stereocenters. The Morgan fingerprint density at radius 1 is 1.07 bits per heavy atom. The van der Waals surface area contributed by atoms with Gasteiger partial charge in [-0.05, 0) is 41.8 Å². The second kappa shape index (κ2) is 4.07. The molecule has 2 rings (SSSR count). The Bertz CT molecular complexity index is 471. The van der Waals surface area contributed by atoms with Gasteiger partial charge in [-0.15, -0.1) is 0 Å². The lowest BCUT2D eigenvalue weighted by Gasteiger charge is -2.06. The zero-order valence-electron chi connectivity index (χ0n) is 8.37. The van der Waals surface area contributed by atoms with Crippen molar-refractivity contribution in [3.8, 4) is 16.9 Å². The third-order valence-corrected chi connectivity index (χ3v) is 2.94. The number of aryl methyl sites for hydroxylation is 1. The van der Waals surface area contributed by atoms with Crippen molar-refractivity contribution in [1.82, 2.24) is 0 Å². The second-order valence-corrected chi connectivity index (χ2v) is 4.39. The van der Waals surface area contributed by atoms with E-state index in [1.165, 1.54) is 0 Å². The minimum absolute atomic E-state index is 0.306. The van der Waals surface area contributed by atoms with Gasteiger partial charge in [0, 0.05) is 4.47 Å². The maximum absolute atomic E-state index is 9.53. The SMILES string of the molecule is Cc1cc(O)cc(-c2ccccc2Br)c1. The summed E-state index contributed by atoms with van der Waals surface area (Å²) in [5, 5.41) is 9.53. The standard InChI is InChI=1S/C13H11BrO/c1-9-6-10(8-11(15)7-9)12-4-2-3-5-13(12)14/h2-8,15H,1H3. The molecule has 0 amide bonds. The summed E-state index contributed by atoms with van der Waals surface area (Å²) in [5.41, 5.74) is 3.18. The number of rotatable bonds is 1. The summed E-state index contributed by atoms with van der Waals surface area (Å²) in [4.78, 5) is 0. The maximum Gasteiger partial charge on any atom is 0.116 e. The first kappa shape index (κ1) is 10.2. The number of benzene rings is 2. The molecule has 0 aliphatic carbocycles. The van der Waals surface area contributed by atoms with E-state index in [0.29, 0.717) is 5.75 Å². The van der Waals surface area contributed by atoms with E-state index in [1.807, 2.05) is 31.2 Å². The van der Waals surface area contributed by atoms with Crippen molar-refractivity contribution in [3.63, 3.8) is 0 Å². The van der Waals surface area contributed by atoms with Gasteiger partial charge >= 0.3 is 0 Å². The summed E-state index contributed by atoms with van der Waals surface area (Å²) in [6.07, 6.45) is 0. The molecule has 1 nitrogen and oxygen atoms in total. The van der Waals surface area contributed by atoms with Crippen molar-refractivity contribution in [3.05, 3.63) is 52.5 Å². The first-order chi connectivity index (χ1) is 7.16. The van der Waals surface area contributed by atoms with Crippen LogP contribution >= 0.6 is 15.9 Å². The van der Waals surface area contributed by atoms with Gasteiger partial charge in [0.1, 0.15) is 5.75 Å². The Kier molecular flexibility index (Phi) is 2.78. The van der Waals surface area contributed by atoms with Gasteiger partial charge in [-0.2, -0.15) is 0 Å². The van der Waals surface area contributed by atoms with Crippen LogP contribution in [0.1, 0.15) is 5.56 Å². The molecule has 0 heterocycles. The minimum Gasteiger partial charge on any atom is -0.508 e. The Hall–Kier alpha value is -1.28. The third kappa shape index (κ3) is 2.21. The van der Waals surface area contributed by atoms with Crippen LogP contribution in [-0.2, 0) is 0 Å². The number of hydrogen-bond donors (Lipinski definition) is 1. The summed E-state index contributed by atoms with van der Waals surface area (Å²) in [7, 11) is 0. The summed E-state index contributed by atoms with van der Waals surface area (Å²) in [6.45, 7) is 1.97. The van der Waals surface area contributed by atoms with Gasteiger partial charge in [0.15, 0.2) is 0 Å². The molecular formula is C13H11BrO. The van der Waals surface area contributed by atoms with E-state index < -0.39 is 0 Å². The highest BCUT2D eigenvalue weighted by molar-refractivity contribution is 9.10. The third-order valence-electron chi connectivity index (χ3n) is 2.25. The number of phenolic OH excluding ortho intramolecular Hbond substituents is 1. The van der Waals surface area contributed by atoms with E-state index in [4.69, 9.17) is 0 Å². The molecule has 0 saturated carbocycles. The lowest BCUT2D eigenvalue weighted by atomic mass is 10.0. The molecule has 15 heavy (non-hydrogen) atoms. The van der Waals surface area contributed by atoms with E-state index >= 15 is 0 Å². The highest BCUT2D eigenvalue weighted by atomic mass is 79.9. The lowest BCUT2D eigenvalue weighted by Crippen LogP contribution is -1.81. The van der Waals surface area contributed by atoms with Crippen LogP contribution in [0, 0.1) is 6.92 Å². The van der Waals surface area contributed by atoms with Gasteiger partial charge in [0.05, 0.1) is 0 Å². The Balaban J connectivity index is 2.59. The summed E-state index contributed by atoms with van der Waals surface area (Å²) in [6, 6.07) is 13.6. The van der Waals surface area contributed by atoms with Crippen molar-refractivity contribution in [2.45, 2.75) is 6.92 Å². The van der Waals surface area contributed by atoms with Crippen LogP contribution in [0.5, 0.6) is 5.75 Å². The van der Waals surface area contributed by atoms with Crippen molar-refractivity contribution in [2.75, 3.05) is 0 Å². The molecule has 0 bridgehead atoms. The van der Waals surface area contributed by atoms with E-state index in [9.17, 15) is 5.11 Å². The monoisotopic (exact) mass is 262 g/mol. The molecule has 0 radical (unpaired) electrons. The molecule has 0 aromatic heterocycles. The number of halogens is 1. The van der Waals surface area contributed by atoms with Crippen LogP contribution in [0.3, 0.4) is 0 Å². The fourth-order valence-electron chi connectivity index (χ4n) is 1.61. The largest absolute Gasteiger partial charge is 0.508 e. The maximum atomic E-state index is 9.53. The Labute approximate surface area is 97.5 Å². The van der Waals surface area contributed by atoms with Gasteiger partial charge in [-0.1, -0.05) is 40.2 Å². The lowest BCUT2D eigenvalue weighted by molar-refractivity contribution is 0.475. The van der Waals surface area contributed by atoms with Gasteiger partial charge in [-0.25, -0.2) is 0 Å². The topological polar surface area (TPSA) is 20.2 Å². The smallest absolute Gasteiger partial charge is 0.116 e. The van der Waals surface area contributed by atoms with E-state index in [0.717, 1.165) is 21.2 Å². The zero-order valence-corrected chi connectivity index (χ0v) is 9.95. The Morgan fingerprint density at radius 3 is 2.47 bits per heavy atom. The summed E-state index contributed by atoms with van der Waals surface area (Å²) in [5.74, 6) is 0.306. The summed E-state index contributed by atoms with van der Waals surface area (Å²) < 4.78 is 1.04. The van der Waals surface area contributed by atoms with E-state index in [2.05, 4.69) is 22.0 Å². The molecule has 1 N–H and O–H groups in total. The normalized spacial score (nSPS) is 10.3. The highest BCUT2D eigenvalue weighted by Gasteiger charge is 2.03. The van der Waals surface area contributed by atoms with E-state index in [1.54, 1.807) is 12.1 Å². The predicted octanol–water partition coefficient (Wildman–Crippen LogP) is 4.13. The number of aromatic hydroxyl groups is 1. The van der Waals surface area contributed by atoms with Gasteiger partial charge < -0.3 is 5.11 Å². The van der Waals surface area contributed by atoms with Gasteiger partial charge in [-0.3, -0.25) is 0 Å². The number of phenols is 1. The van der Waals surface area contributed by atoms with E-state index in [-0.39, 0.29) is 0 Å². The summed E-state index contributed by atoms with van der Waals surface area (Å²) >= 11 is 3.50. The molecular weight excluding hydrogens is 252 g/mol. The molecule has 0 atom stereocenters. The second-order valence-electron chi connectivity index (χ2n) is 3.54. The molecule has 0 spiro atoms. The average molecular weight is 263 g/mol. The van der Waals surface area contributed by atoms with Crippen LogP contribution in [0.4, 0.5) is 0 Å². The zero-order chi connectivity index (χ0) is 10.8.